The van der Waals surface area contributed by atoms with Gasteiger partial charge < -0.3 is 0 Å². The molecule has 0 saturated carbocycles. The van der Waals surface area contributed by atoms with Gasteiger partial charge in [0.25, 0.3) is 0 Å². The highest BCUT2D eigenvalue weighted by Gasteiger charge is 2.18. The van der Waals surface area contributed by atoms with E-state index >= 15 is 0 Å². The zero-order valence-electron chi connectivity index (χ0n) is 12.5. The van der Waals surface area contributed by atoms with Crippen LogP contribution in [0.4, 0.5) is 0 Å². The predicted molar refractivity (Wildman–Crippen MR) is 80.1 cm³/mol. The maximum atomic E-state index is 2.28. The lowest BCUT2D eigenvalue weighted by Crippen LogP contribution is -2.14. The standard InChI is InChI=1S/C17H28/c1-8-9-10-11-15(4)12-13-16(14(2)3)17(5,6)7/h8-14H,1-7H3. The smallest absolute Gasteiger partial charge is 0.0167 e. The predicted octanol–water partition coefficient (Wildman–Crippen LogP) is 5.69. The van der Waals surface area contributed by atoms with Crippen molar-refractivity contribution < 1.29 is 0 Å². The van der Waals surface area contributed by atoms with E-state index < -0.39 is 0 Å². The zero-order valence-corrected chi connectivity index (χ0v) is 12.5. The van der Waals surface area contributed by atoms with Crippen LogP contribution in [0.2, 0.25) is 0 Å². The van der Waals surface area contributed by atoms with Gasteiger partial charge in [-0.1, -0.05) is 82.2 Å². The summed E-state index contributed by atoms with van der Waals surface area (Å²) in [6.07, 6.45) is 12.8. The zero-order chi connectivity index (χ0) is 13.5. The Bertz CT molecular complexity index is 328. The molecule has 0 aliphatic heterocycles. The summed E-state index contributed by atoms with van der Waals surface area (Å²) >= 11 is 0. The summed E-state index contributed by atoms with van der Waals surface area (Å²) in [4.78, 5) is 0. The molecule has 0 saturated heterocycles. The third-order valence-corrected chi connectivity index (χ3v) is 2.68. The largest absolute Gasteiger partial charge is 0.0877 e. The van der Waals surface area contributed by atoms with Gasteiger partial charge in [0.1, 0.15) is 0 Å². The van der Waals surface area contributed by atoms with Crippen LogP contribution in [0.25, 0.3) is 0 Å². The Hall–Kier alpha value is -1.04. The topological polar surface area (TPSA) is 0 Å². The molecule has 0 fully saturated rings. The van der Waals surface area contributed by atoms with Crippen LogP contribution < -0.4 is 0 Å². The van der Waals surface area contributed by atoms with Crippen LogP contribution in [0, 0.1) is 11.3 Å². The first-order valence-electron chi connectivity index (χ1n) is 6.47. The minimum absolute atomic E-state index is 0.248. The number of hydrogen-bond donors (Lipinski definition) is 0. The van der Waals surface area contributed by atoms with Gasteiger partial charge in [0.05, 0.1) is 0 Å². The first-order chi connectivity index (χ1) is 7.79. The molecule has 0 heteroatoms. The highest BCUT2D eigenvalue weighted by atomic mass is 14.2. The Labute approximate surface area is 108 Å². The highest BCUT2D eigenvalue weighted by molar-refractivity contribution is 5.28. The second-order valence-corrected chi connectivity index (χ2v) is 5.82. The lowest BCUT2D eigenvalue weighted by atomic mass is 9.80. The van der Waals surface area contributed by atoms with Crippen molar-refractivity contribution in [2.45, 2.75) is 48.5 Å². The van der Waals surface area contributed by atoms with E-state index in [1.54, 1.807) is 0 Å². The lowest BCUT2D eigenvalue weighted by molar-refractivity contribution is 0.448. The first kappa shape index (κ1) is 16.0. The molecule has 0 amide bonds. The van der Waals surface area contributed by atoms with Crippen LogP contribution in [0.5, 0.6) is 0 Å². The average molecular weight is 232 g/mol. The van der Waals surface area contributed by atoms with Gasteiger partial charge in [0, 0.05) is 0 Å². The van der Waals surface area contributed by atoms with E-state index in [-0.39, 0.29) is 5.41 Å². The Morgan fingerprint density at radius 3 is 2.00 bits per heavy atom. The summed E-state index contributed by atoms with van der Waals surface area (Å²) in [6, 6.07) is 0. The van der Waals surface area contributed by atoms with Gasteiger partial charge in [-0.3, -0.25) is 0 Å². The molecular weight excluding hydrogens is 204 g/mol. The van der Waals surface area contributed by atoms with Gasteiger partial charge in [0.15, 0.2) is 0 Å². The van der Waals surface area contributed by atoms with Gasteiger partial charge in [0.2, 0.25) is 0 Å². The fraction of sp³-hybridized carbons (Fsp3) is 0.529. The van der Waals surface area contributed by atoms with Crippen LogP contribution in [-0.4, -0.2) is 0 Å². The van der Waals surface area contributed by atoms with Gasteiger partial charge in [-0.15, -0.1) is 0 Å². The molecule has 0 bridgehead atoms. The molecule has 0 aromatic carbocycles. The monoisotopic (exact) mass is 232 g/mol. The summed E-state index contributed by atoms with van der Waals surface area (Å²) in [5.74, 6) is 0.596. The number of hydrogen-bond acceptors (Lipinski definition) is 0. The van der Waals surface area contributed by atoms with Crippen molar-refractivity contribution in [1.29, 1.82) is 0 Å². The fourth-order valence-corrected chi connectivity index (χ4v) is 1.90. The third-order valence-electron chi connectivity index (χ3n) is 2.68. The molecule has 0 radical (unpaired) electrons. The first-order valence-corrected chi connectivity index (χ1v) is 6.47. The van der Waals surface area contributed by atoms with Crippen LogP contribution in [-0.2, 0) is 0 Å². The molecule has 96 valence electrons. The quantitative estimate of drug-likeness (QED) is 0.546. The summed E-state index contributed by atoms with van der Waals surface area (Å²) in [5, 5.41) is 0. The molecule has 0 aromatic rings. The van der Waals surface area contributed by atoms with Crippen molar-refractivity contribution in [3.05, 3.63) is 47.6 Å². The molecule has 0 aliphatic rings. The van der Waals surface area contributed by atoms with E-state index in [1.165, 1.54) is 11.1 Å². The van der Waals surface area contributed by atoms with E-state index in [9.17, 15) is 0 Å². The van der Waals surface area contributed by atoms with Crippen molar-refractivity contribution in [2.75, 3.05) is 0 Å². The van der Waals surface area contributed by atoms with Gasteiger partial charge in [-0.2, -0.15) is 0 Å². The molecule has 0 rings (SSSR count). The van der Waals surface area contributed by atoms with Crippen molar-refractivity contribution in [1.82, 2.24) is 0 Å². The number of allylic oxidation sites excluding steroid dienone is 8. The highest BCUT2D eigenvalue weighted by Crippen LogP contribution is 2.31. The minimum Gasteiger partial charge on any atom is -0.0877 e. The average Bonchev–Trinajstić information content (AvgIpc) is 2.15. The molecule has 0 heterocycles. The Morgan fingerprint density at radius 2 is 1.59 bits per heavy atom. The maximum Gasteiger partial charge on any atom is -0.0167 e. The van der Waals surface area contributed by atoms with Crippen LogP contribution in [0.1, 0.15) is 48.5 Å². The third kappa shape index (κ3) is 6.99. The second-order valence-electron chi connectivity index (χ2n) is 5.82. The Kier molecular flexibility index (Phi) is 6.87. The molecular formula is C17H28. The summed E-state index contributed by atoms with van der Waals surface area (Å²) < 4.78 is 0. The van der Waals surface area contributed by atoms with Crippen LogP contribution >= 0.6 is 0 Å². The summed E-state index contributed by atoms with van der Waals surface area (Å²) in [7, 11) is 0. The van der Waals surface area contributed by atoms with E-state index in [2.05, 4.69) is 65.8 Å². The summed E-state index contributed by atoms with van der Waals surface area (Å²) in [5.41, 5.74) is 3.03. The fourth-order valence-electron chi connectivity index (χ4n) is 1.90. The molecule has 0 spiro atoms. The van der Waals surface area contributed by atoms with E-state index in [0.717, 1.165) is 0 Å². The number of rotatable bonds is 4. The maximum absolute atomic E-state index is 2.28. The van der Waals surface area contributed by atoms with E-state index in [0.29, 0.717) is 5.92 Å². The normalized spacial score (nSPS) is 15.5. The molecule has 0 atom stereocenters. The molecule has 0 aliphatic carbocycles. The molecule has 17 heavy (non-hydrogen) atoms. The second kappa shape index (κ2) is 7.32. The van der Waals surface area contributed by atoms with Crippen LogP contribution in [0.15, 0.2) is 47.6 Å². The van der Waals surface area contributed by atoms with Crippen molar-refractivity contribution in [3.63, 3.8) is 0 Å². The van der Waals surface area contributed by atoms with Crippen molar-refractivity contribution >= 4 is 0 Å². The Morgan fingerprint density at radius 1 is 1.00 bits per heavy atom. The molecule has 0 N–H and O–H groups in total. The van der Waals surface area contributed by atoms with Crippen molar-refractivity contribution in [3.8, 4) is 0 Å². The molecule has 0 unspecified atom stereocenters. The lowest BCUT2D eigenvalue weighted by Gasteiger charge is -2.26. The molecule has 0 aromatic heterocycles. The van der Waals surface area contributed by atoms with E-state index in [1.807, 2.05) is 19.1 Å². The van der Waals surface area contributed by atoms with E-state index in [4.69, 9.17) is 0 Å². The summed E-state index contributed by atoms with van der Waals surface area (Å²) in [6.45, 7) is 15.5. The van der Waals surface area contributed by atoms with Gasteiger partial charge >= 0.3 is 0 Å². The van der Waals surface area contributed by atoms with Gasteiger partial charge in [-0.25, -0.2) is 0 Å². The van der Waals surface area contributed by atoms with Gasteiger partial charge in [-0.05, 0) is 25.2 Å². The Balaban J connectivity index is 4.92. The molecule has 0 nitrogen and oxygen atoms in total. The minimum atomic E-state index is 0.248. The van der Waals surface area contributed by atoms with Crippen molar-refractivity contribution in [2.24, 2.45) is 11.3 Å². The van der Waals surface area contributed by atoms with Crippen LogP contribution in [0.3, 0.4) is 0 Å². The SMILES string of the molecule is CC=CC=CC(C)=CC=C(C(C)C)C(C)(C)C.